The molecule has 2 aromatic carbocycles. The van der Waals surface area contributed by atoms with Crippen LogP contribution in [0.1, 0.15) is 17.8 Å². The number of nitrogens with zero attached hydrogens (tertiary/aromatic N) is 3. The molecule has 0 saturated carbocycles. The summed E-state index contributed by atoms with van der Waals surface area (Å²) in [6.45, 7) is 1.79. The number of amides is 2. The van der Waals surface area contributed by atoms with Gasteiger partial charge in [-0.2, -0.15) is 0 Å². The van der Waals surface area contributed by atoms with Crippen LogP contribution in [0, 0.1) is 12.3 Å². The summed E-state index contributed by atoms with van der Waals surface area (Å²) in [7, 11) is 0. The number of hydrogen-bond donors (Lipinski definition) is 2. The Balaban J connectivity index is 1.17. The highest BCUT2D eigenvalue weighted by molar-refractivity contribution is 7.17. The number of aromatic nitrogens is 2. The number of anilines is 2. The summed E-state index contributed by atoms with van der Waals surface area (Å²) in [6, 6.07) is 14.9. The Bertz CT molecular complexity index is 1280. The zero-order valence-electron chi connectivity index (χ0n) is 17.2. The molecule has 2 amide bonds. The predicted octanol–water partition coefficient (Wildman–Crippen LogP) is 5.19. The van der Waals surface area contributed by atoms with E-state index in [-0.39, 0.29) is 12.1 Å². The zero-order chi connectivity index (χ0) is 21.9. The number of urea groups is 1. The molecule has 4 aromatic rings. The lowest BCUT2D eigenvalue weighted by molar-refractivity contribution is 0.246. The van der Waals surface area contributed by atoms with Crippen LogP contribution in [0.25, 0.3) is 21.3 Å². The van der Waals surface area contributed by atoms with Gasteiger partial charge in [0.1, 0.15) is 5.82 Å². The smallest absolute Gasteiger partial charge is 0.320 e. The van der Waals surface area contributed by atoms with Gasteiger partial charge in [-0.25, -0.2) is 14.8 Å². The minimum absolute atomic E-state index is 0.139. The van der Waals surface area contributed by atoms with E-state index in [0.717, 1.165) is 31.4 Å². The van der Waals surface area contributed by atoms with Crippen LogP contribution in [0.15, 0.2) is 53.4 Å². The van der Waals surface area contributed by atoms with E-state index in [1.807, 2.05) is 11.6 Å². The largest absolute Gasteiger partial charge is 0.371 e. The SMILES string of the molecule is C#Cc1nc(NC(=O)NC2CCN(c3ccc(-c4cccc5ncsc45)cc3)CC2)cs1. The first-order chi connectivity index (χ1) is 15.7. The van der Waals surface area contributed by atoms with Crippen molar-refractivity contribution in [3.05, 3.63) is 58.4 Å². The molecule has 160 valence electrons. The van der Waals surface area contributed by atoms with Crippen molar-refractivity contribution in [2.75, 3.05) is 23.3 Å². The Kier molecular flexibility index (Phi) is 5.75. The van der Waals surface area contributed by atoms with Gasteiger partial charge in [-0.05, 0) is 42.5 Å². The maximum atomic E-state index is 12.2. The summed E-state index contributed by atoms with van der Waals surface area (Å²) in [5.41, 5.74) is 6.57. The molecule has 0 spiro atoms. The van der Waals surface area contributed by atoms with Crippen LogP contribution < -0.4 is 15.5 Å². The van der Waals surface area contributed by atoms with Gasteiger partial charge >= 0.3 is 6.03 Å². The molecule has 2 aromatic heterocycles. The highest BCUT2D eigenvalue weighted by Crippen LogP contribution is 2.32. The first-order valence-electron chi connectivity index (χ1n) is 10.4. The zero-order valence-corrected chi connectivity index (χ0v) is 18.9. The minimum Gasteiger partial charge on any atom is -0.371 e. The van der Waals surface area contributed by atoms with Gasteiger partial charge in [0.05, 0.1) is 15.7 Å². The number of fused-ring (bicyclic) bond motifs is 1. The van der Waals surface area contributed by atoms with Crippen molar-refractivity contribution in [3.8, 4) is 23.5 Å². The van der Waals surface area contributed by atoms with Gasteiger partial charge in [0, 0.05) is 35.8 Å². The van der Waals surface area contributed by atoms with Crippen molar-refractivity contribution in [3.63, 3.8) is 0 Å². The molecule has 0 unspecified atom stereocenters. The fourth-order valence-electron chi connectivity index (χ4n) is 3.98. The second-order valence-corrected chi connectivity index (χ2v) is 9.31. The first kappa shape index (κ1) is 20.5. The molecule has 1 aliphatic rings. The molecule has 8 heteroatoms. The second kappa shape index (κ2) is 8.99. The Labute approximate surface area is 194 Å². The van der Waals surface area contributed by atoms with Crippen molar-refractivity contribution in [1.29, 1.82) is 0 Å². The quantitative estimate of drug-likeness (QED) is 0.412. The van der Waals surface area contributed by atoms with Gasteiger partial charge in [0.25, 0.3) is 0 Å². The highest BCUT2D eigenvalue weighted by atomic mass is 32.1. The third kappa shape index (κ3) is 4.31. The summed E-state index contributed by atoms with van der Waals surface area (Å²) in [4.78, 5) is 23.2. The molecular formula is C24H21N5OS2. The summed E-state index contributed by atoms with van der Waals surface area (Å²) in [5.74, 6) is 2.96. The van der Waals surface area contributed by atoms with Crippen LogP contribution in [-0.4, -0.2) is 35.1 Å². The normalized spacial score (nSPS) is 14.3. The number of nitrogens with one attached hydrogen (secondary N) is 2. The van der Waals surface area contributed by atoms with Crippen LogP contribution in [0.4, 0.5) is 16.3 Å². The van der Waals surface area contributed by atoms with Crippen molar-refractivity contribution < 1.29 is 4.79 Å². The van der Waals surface area contributed by atoms with Crippen LogP contribution in [0.3, 0.4) is 0 Å². The number of piperidine rings is 1. The molecule has 2 N–H and O–H groups in total. The van der Waals surface area contributed by atoms with Gasteiger partial charge in [-0.1, -0.05) is 24.3 Å². The number of benzene rings is 2. The Hall–Kier alpha value is -3.41. The molecule has 1 fully saturated rings. The molecule has 5 rings (SSSR count). The van der Waals surface area contributed by atoms with E-state index in [0.29, 0.717) is 10.8 Å². The highest BCUT2D eigenvalue weighted by Gasteiger charge is 2.21. The maximum absolute atomic E-state index is 12.2. The third-order valence-electron chi connectivity index (χ3n) is 5.60. The molecule has 0 aliphatic carbocycles. The van der Waals surface area contributed by atoms with Gasteiger partial charge in [0.15, 0.2) is 5.01 Å². The monoisotopic (exact) mass is 459 g/mol. The van der Waals surface area contributed by atoms with Crippen molar-refractivity contribution in [2.45, 2.75) is 18.9 Å². The second-order valence-electron chi connectivity index (χ2n) is 7.60. The maximum Gasteiger partial charge on any atom is 0.320 e. The van der Waals surface area contributed by atoms with Crippen molar-refractivity contribution in [1.82, 2.24) is 15.3 Å². The van der Waals surface area contributed by atoms with Crippen LogP contribution >= 0.6 is 22.7 Å². The average molecular weight is 460 g/mol. The Morgan fingerprint density at radius 1 is 1.12 bits per heavy atom. The number of carbonyl (C=O) groups excluding carboxylic acids is 1. The summed E-state index contributed by atoms with van der Waals surface area (Å²) in [5, 5.41) is 8.10. The Morgan fingerprint density at radius 3 is 2.69 bits per heavy atom. The molecule has 1 saturated heterocycles. The van der Waals surface area contributed by atoms with E-state index in [1.165, 1.54) is 32.9 Å². The number of rotatable bonds is 4. The lowest BCUT2D eigenvalue weighted by atomic mass is 10.0. The molecule has 32 heavy (non-hydrogen) atoms. The first-order valence-corrected chi connectivity index (χ1v) is 12.1. The van der Waals surface area contributed by atoms with E-state index in [2.05, 4.69) is 67.8 Å². The van der Waals surface area contributed by atoms with Gasteiger partial charge in [0.2, 0.25) is 0 Å². The lowest BCUT2D eigenvalue weighted by Gasteiger charge is -2.34. The molecule has 0 radical (unpaired) electrons. The van der Waals surface area contributed by atoms with E-state index in [1.54, 1.807) is 16.7 Å². The number of hydrogen-bond acceptors (Lipinski definition) is 6. The van der Waals surface area contributed by atoms with Crippen LogP contribution in [0.2, 0.25) is 0 Å². The average Bonchev–Trinajstić information content (AvgIpc) is 3.49. The topological polar surface area (TPSA) is 70.2 Å². The minimum atomic E-state index is -0.237. The van der Waals surface area contributed by atoms with Gasteiger partial charge in [-0.15, -0.1) is 29.1 Å². The molecule has 3 heterocycles. The van der Waals surface area contributed by atoms with E-state index in [9.17, 15) is 4.79 Å². The van der Waals surface area contributed by atoms with Crippen LogP contribution in [-0.2, 0) is 0 Å². The number of terminal acetylenes is 1. The van der Waals surface area contributed by atoms with E-state index in [4.69, 9.17) is 6.42 Å². The summed E-state index contributed by atoms with van der Waals surface area (Å²) in [6.07, 6.45) is 7.10. The van der Waals surface area contributed by atoms with Gasteiger partial charge in [-0.3, -0.25) is 5.32 Å². The molecular weight excluding hydrogens is 438 g/mol. The number of thiazole rings is 2. The third-order valence-corrected chi connectivity index (χ3v) is 7.25. The summed E-state index contributed by atoms with van der Waals surface area (Å²) >= 11 is 3.01. The molecule has 0 bridgehead atoms. The van der Waals surface area contributed by atoms with E-state index >= 15 is 0 Å². The molecule has 6 nitrogen and oxygen atoms in total. The molecule has 1 aliphatic heterocycles. The fraction of sp³-hybridized carbons (Fsp3) is 0.208. The van der Waals surface area contributed by atoms with Crippen molar-refractivity contribution >= 4 is 50.4 Å². The lowest BCUT2D eigenvalue weighted by Crippen LogP contribution is -2.46. The molecule has 0 atom stereocenters. The van der Waals surface area contributed by atoms with E-state index < -0.39 is 0 Å². The predicted molar refractivity (Wildman–Crippen MR) is 132 cm³/mol. The standard InChI is InChI=1S/C24H21N5OS2/c1-2-22-27-21(14-31-22)28-24(30)26-17-10-12-29(13-11-17)18-8-6-16(7-9-18)19-4-3-5-20-23(19)32-15-25-20/h1,3-9,14-15,17H,10-13H2,(H2,26,28,30). The van der Waals surface area contributed by atoms with Crippen molar-refractivity contribution in [2.24, 2.45) is 0 Å². The van der Waals surface area contributed by atoms with Crippen LogP contribution in [0.5, 0.6) is 0 Å². The summed E-state index contributed by atoms with van der Waals surface area (Å²) < 4.78 is 1.22. The number of carbonyl (C=O) groups is 1. The fourth-order valence-corrected chi connectivity index (χ4v) is 5.36. The Morgan fingerprint density at radius 2 is 1.94 bits per heavy atom. The van der Waals surface area contributed by atoms with Gasteiger partial charge < -0.3 is 10.2 Å².